The first kappa shape index (κ1) is 26.7. The van der Waals surface area contributed by atoms with Crippen LogP contribution < -0.4 is 0 Å². The van der Waals surface area contributed by atoms with E-state index in [1.807, 2.05) is 69.4 Å². The molecule has 0 N–H and O–H groups in total. The van der Waals surface area contributed by atoms with Crippen molar-refractivity contribution in [2.75, 3.05) is 13.1 Å². The number of piperidine rings is 2. The third-order valence-electron chi connectivity index (χ3n) is 7.85. The van der Waals surface area contributed by atoms with E-state index in [9.17, 15) is 9.59 Å². The summed E-state index contributed by atoms with van der Waals surface area (Å²) >= 11 is 0. The van der Waals surface area contributed by atoms with Gasteiger partial charge in [0.2, 0.25) is 11.8 Å². The maximum atomic E-state index is 12.2. The molecule has 0 radical (unpaired) electrons. The van der Waals surface area contributed by atoms with Gasteiger partial charge in [-0.1, -0.05) is 56.2 Å². The molecule has 3 aromatic heterocycles. The van der Waals surface area contributed by atoms with Gasteiger partial charge < -0.3 is 18.8 Å². The number of nitrogens with zero attached hydrogens (tertiary/aromatic N) is 6. The molecule has 2 amide bonds. The van der Waals surface area contributed by atoms with Gasteiger partial charge in [-0.3, -0.25) is 9.59 Å². The van der Waals surface area contributed by atoms with E-state index in [1.54, 1.807) is 12.5 Å². The van der Waals surface area contributed by atoms with Crippen molar-refractivity contribution in [3.8, 4) is 0 Å². The van der Waals surface area contributed by atoms with E-state index >= 15 is 0 Å². The van der Waals surface area contributed by atoms with Gasteiger partial charge in [0.1, 0.15) is 5.65 Å². The van der Waals surface area contributed by atoms with Gasteiger partial charge in [0, 0.05) is 44.5 Å². The molecule has 8 nitrogen and oxygen atoms in total. The number of carbonyl (C=O) groups excluding carboxylic acids is 2. The summed E-state index contributed by atoms with van der Waals surface area (Å²) in [6.07, 6.45) is 15.1. The van der Waals surface area contributed by atoms with Crippen molar-refractivity contribution in [3.63, 3.8) is 0 Å². The summed E-state index contributed by atoms with van der Waals surface area (Å²) in [5, 5.41) is 0. The predicted octanol–water partition coefficient (Wildman–Crippen LogP) is 5.12. The number of hydrogen-bond donors (Lipinski definition) is 0. The minimum Gasteiger partial charge on any atom is -0.337 e. The minimum absolute atomic E-state index is 0.230. The smallest absolute Gasteiger partial charge is 0.224 e. The standard InChI is InChI=1S/C16H21N3O.C15H17N3O/c1-2-5-13-7-9-18(16(20)10-13)12-14-11-17-15-6-3-4-8-19(14)15;19-15-10-14(13-4-2-1-3-5-13)6-8-18(15)12-17-9-7-16-11-17/h3-4,6,8,11,13H,2,5,7,9-10,12H2,1H3;1-5,7,9,11,14H,6,8,10,12H2. The van der Waals surface area contributed by atoms with E-state index in [-0.39, 0.29) is 5.91 Å². The molecule has 0 aliphatic carbocycles. The molecule has 0 spiro atoms. The molecule has 39 heavy (non-hydrogen) atoms. The Bertz CT molecular complexity index is 1350. The maximum absolute atomic E-state index is 12.2. The number of aromatic nitrogens is 4. The largest absolute Gasteiger partial charge is 0.337 e. The molecule has 6 rings (SSSR count). The van der Waals surface area contributed by atoms with Gasteiger partial charge in [0.25, 0.3) is 0 Å². The van der Waals surface area contributed by atoms with Crippen LogP contribution in [0.4, 0.5) is 0 Å². The number of pyridine rings is 1. The van der Waals surface area contributed by atoms with Crippen LogP contribution in [0.5, 0.6) is 0 Å². The Labute approximate surface area is 230 Å². The molecule has 8 heteroatoms. The molecule has 2 aliphatic rings. The lowest BCUT2D eigenvalue weighted by Gasteiger charge is -2.32. The highest BCUT2D eigenvalue weighted by molar-refractivity contribution is 5.78. The molecule has 2 aliphatic heterocycles. The van der Waals surface area contributed by atoms with E-state index < -0.39 is 0 Å². The predicted molar refractivity (Wildman–Crippen MR) is 151 cm³/mol. The third-order valence-corrected chi connectivity index (χ3v) is 7.85. The van der Waals surface area contributed by atoms with Gasteiger partial charge in [-0.2, -0.15) is 0 Å². The molecular formula is C31H38N6O2. The molecule has 2 atom stereocenters. The zero-order chi connectivity index (χ0) is 27.0. The quantitative estimate of drug-likeness (QED) is 0.335. The number of benzene rings is 1. The Kier molecular flexibility index (Phi) is 8.71. The first-order chi connectivity index (χ1) is 19.1. The molecule has 0 bridgehead atoms. The zero-order valence-electron chi connectivity index (χ0n) is 22.7. The first-order valence-electron chi connectivity index (χ1n) is 14.1. The van der Waals surface area contributed by atoms with Gasteiger partial charge >= 0.3 is 0 Å². The number of hydrogen-bond acceptors (Lipinski definition) is 4. The van der Waals surface area contributed by atoms with Crippen LogP contribution >= 0.6 is 0 Å². The molecule has 204 valence electrons. The molecular weight excluding hydrogens is 488 g/mol. The maximum Gasteiger partial charge on any atom is 0.224 e. The minimum atomic E-state index is 0.230. The second-order valence-electron chi connectivity index (χ2n) is 10.6. The Morgan fingerprint density at radius 1 is 0.897 bits per heavy atom. The van der Waals surface area contributed by atoms with Crippen molar-refractivity contribution in [1.82, 2.24) is 28.7 Å². The van der Waals surface area contributed by atoms with Crippen LogP contribution in [0, 0.1) is 5.92 Å². The second-order valence-corrected chi connectivity index (χ2v) is 10.6. The number of rotatable bonds is 7. The highest BCUT2D eigenvalue weighted by Gasteiger charge is 2.27. The lowest BCUT2D eigenvalue weighted by molar-refractivity contribution is -0.136. The molecule has 0 saturated carbocycles. The third kappa shape index (κ3) is 6.74. The van der Waals surface area contributed by atoms with Crippen molar-refractivity contribution < 1.29 is 9.59 Å². The Morgan fingerprint density at radius 2 is 1.69 bits per heavy atom. The lowest BCUT2D eigenvalue weighted by atomic mass is 9.89. The Balaban J connectivity index is 0.000000158. The number of likely N-dealkylation sites (tertiary alicyclic amines) is 2. The highest BCUT2D eigenvalue weighted by atomic mass is 16.2. The van der Waals surface area contributed by atoms with Crippen molar-refractivity contribution in [1.29, 1.82) is 0 Å². The second kappa shape index (κ2) is 12.7. The summed E-state index contributed by atoms with van der Waals surface area (Å²) < 4.78 is 3.99. The Morgan fingerprint density at radius 3 is 2.44 bits per heavy atom. The fraction of sp³-hybridized carbons (Fsp3) is 0.419. The van der Waals surface area contributed by atoms with Crippen LogP contribution in [0.25, 0.3) is 5.65 Å². The lowest BCUT2D eigenvalue weighted by Crippen LogP contribution is -2.39. The molecule has 2 saturated heterocycles. The van der Waals surface area contributed by atoms with Crippen LogP contribution in [0.2, 0.25) is 0 Å². The fourth-order valence-corrected chi connectivity index (χ4v) is 5.67. The van der Waals surface area contributed by atoms with Crippen molar-refractivity contribution >= 4 is 17.5 Å². The van der Waals surface area contributed by atoms with Gasteiger partial charge in [-0.15, -0.1) is 0 Å². The van der Waals surface area contributed by atoms with Crippen LogP contribution in [0.3, 0.4) is 0 Å². The van der Waals surface area contributed by atoms with E-state index in [1.165, 1.54) is 18.4 Å². The SMILES string of the molecule is CCCC1CCN(Cc2cnc3ccccn23)C(=O)C1.O=C1CC(c2ccccc2)CCN1Cn1ccnc1. The first-order valence-corrected chi connectivity index (χ1v) is 14.1. The number of fused-ring (bicyclic) bond motifs is 1. The van der Waals surface area contributed by atoms with Gasteiger partial charge in [-0.05, 0) is 42.4 Å². The summed E-state index contributed by atoms with van der Waals surface area (Å²) in [5.41, 5.74) is 3.30. The van der Waals surface area contributed by atoms with Crippen LogP contribution in [0.1, 0.15) is 62.6 Å². The topological polar surface area (TPSA) is 75.7 Å². The van der Waals surface area contributed by atoms with E-state index in [2.05, 4.69) is 33.4 Å². The summed E-state index contributed by atoms with van der Waals surface area (Å²) in [7, 11) is 0. The monoisotopic (exact) mass is 526 g/mol. The number of amides is 2. The molecule has 5 heterocycles. The van der Waals surface area contributed by atoms with Crippen LogP contribution in [-0.2, 0) is 22.8 Å². The average Bonchev–Trinajstić information content (AvgIpc) is 3.63. The molecule has 1 aromatic carbocycles. The van der Waals surface area contributed by atoms with E-state index in [4.69, 9.17) is 0 Å². The van der Waals surface area contributed by atoms with Crippen LogP contribution in [-0.4, -0.2) is 53.6 Å². The summed E-state index contributed by atoms with van der Waals surface area (Å²) in [4.78, 5) is 36.7. The average molecular weight is 527 g/mol. The summed E-state index contributed by atoms with van der Waals surface area (Å²) in [5.74, 6) is 1.48. The van der Waals surface area contributed by atoms with E-state index in [0.29, 0.717) is 43.8 Å². The fourth-order valence-electron chi connectivity index (χ4n) is 5.67. The molecule has 2 unspecified atom stereocenters. The normalized spacial score (nSPS) is 19.7. The van der Waals surface area contributed by atoms with Gasteiger partial charge in [0.05, 0.1) is 31.4 Å². The van der Waals surface area contributed by atoms with Crippen molar-refractivity contribution in [2.45, 2.75) is 64.6 Å². The summed E-state index contributed by atoms with van der Waals surface area (Å²) in [6.45, 7) is 5.17. The Hall–Kier alpha value is -3.94. The zero-order valence-corrected chi connectivity index (χ0v) is 22.7. The van der Waals surface area contributed by atoms with Gasteiger partial charge in [0.15, 0.2) is 0 Å². The van der Waals surface area contributed by atoms with Gasteiger partial charge in [-0.25, -0.2) is 9.97 Å². The van der Waals surface area contributed by atoms with E-state index in [0.717, 1.165) is 37.3 Å². The molecule has 4 aromatic rings. The molecule has 2 fully saturated rings. The highest BCUT2D eigenvalue weighted by Crippen LogP contribution is 2.28. The van der Waals surface area contributed by atoms with Crippen molar-refractivity contribution in [3.05, 3.63) is 90.9 Å². The van der Waals surface area contributed by atoms with Crippen LogP contribution in [0.15, 0.2) is 79.6 Å². The number of imidazole rings is 2. The summed E-state index contributed by atoms with van der Waals surface area (Å²) in [6, 6.07) is 16.3. The number of carbonyl (C=O) groups is 2. The van der Waals surface area contributed by atoms with Crippen molar-refractivity contribution in [2.24, 2.45) is 5.92 Å².